The molecule has 0 aliphatic rings. The molecule has 0 aliphatic heterocycles. The molecule has 2 nitrogen and oxygen atoms in total. The lowest BCUT2D eigenvalue weighted by Crippen LogP contribution is -2.29. The average Bonchev–Trinajstić information content (AvgIpc) is 2.46. The third-order valence-corrected chi connectivity index (χ3v) is 3.76. The zero-order valence-electron chi connectivity index (χ0n) is 11.5. The second-order valence-electron chi connectivity index (χ2n) is 4.59. The van der Waals surface area contributed by atoms with E-state index in [0.29, 0.717) is 11.3 Å². The zero-order valence-corrected chi connectivity index (χ0v) is 12.4. The summed E-state index contributed by atoms with van der Waals surface area (Å²) in [5.41, 5.74) is 6.43. The van der Waals surface area contributed by atoms with Gasteiger partial charge < -0.3 is 10.5 Å². The van der Waals surface area contributed by atoms with Crippen molar-refractivity contribution in [2.24, 2.45) is 5.73 Å². The fourth-order valence-corrected chi connectivity index (χ4v) is 2.37. The van der Waals surface area contributed by atoms with Crippen LogP contribution < -0.4 is 10.5 Å². The van der Waals surface area contributed by atoms with Crippen molar-refractivity contribution in [3.05, 3.63) is 59.9 Å². The van der Waals surface area contributed by atoms with Crippen LogP contribution in [-0.4, -0.2) is 12.3 Å². The quantitative estimate of drug-likeness (QED) is 0.845. The van der Waals surface area contributed by atoms with E-state index in [9.17, 15) is 4.39 Å². The first kappa shape index (κ1) is 14.9. The Morgan fingerprint density at radius 2 is 1.75 bits per heavy atom. The Morgan fingerprint density at radius 1 is 1.10 bits per heavy atom. The summed E-state index contributed by atoms with van der Waals surface area (Å²) in [4.78, 5) is 1.15. The van der Waals surface area contributed by atoms with Crippen molar-refractivity contribution in [1.29, 1.82) is 0 Å². The molecule has 2 unspecified atom stereocenters. The molecule has 0 aromatic heterocycles. The Bertz CT molecular complexity index is 557. The van der Waals surface area contributed by atoms with E-state index < -0.39 is 6.10 Å². The fraction of sp³-hybridized carbons (Fsp3) is 0.250. The number of hydrogen-bond donors (Lipinski definition) is 1. The van der Waals surface area contributed by atoms with Crippen molar-refractivity contribution in [2.45, 2.75) is 24.0 Å². The van der Waals surface area contributed by atoms with E-state index in [2.05, 4.69) is 0 Å². The number of benzene rings is 2. The van der Waals surface area contributed by atoms with E-state index in [0.717, 1.165) is 4.90 Å². The van der Waals surface area contributed by atoms with Crippen LogP contribution in [0.1, 0.15) is 18.6 Å². The second kappa shape index (κ2) is 6.77. The Labute approximate surface area is 123 Å². The van der Waals surface area contributed by atoms with Gasteiger partial charge in [-0.15, -0.1) is 11.8 Å². The van der Waals surface area contributed by atoms with Gasteiger partial charge in [0.05, 0.1) is 0 Å². The van der Waals surface area contributed by atoms with Gasteiger partial charge in [-0.05, 0) is 43.5 Å². The topological polar surface area (TPSA) is 35.2 Å². The summed E-state index contributed by atoms with van der Waals surface area (Å²) >= 11 is 1.66. The van der Waals surface area contributed by atoms with Crippen LogP contribution in [0, 0.1) is 5.82 Å². The van der Waals surface area contributed by atoms with Gasteiger partial charge in [-0.1, -0.05) is 18.2 Å². The predicted octanol–water partition coefficient (Wildman–Crippen LogP) is 4.01. The number of thioether (sulfide) groups is 1. The lowest BCUT2D eigenvalue weighted by Gasteiger charge is -2.23. The minimum absolute atomic E-state index is 0.296. The van der Waals surface area contributed by atoms with Gasteiger partial charge in [-0.25, -0.2) is 4.39 Å². The Kier molecular flexibility index (Phi) is 5.04. The summed E-state index contributed by atoms with van der Waals surface area (Å²) in [7, 11) is 0. The molecule has 2 aromatic carbocycles. The number of halogens is 1. The van der Waals surface area contributed by atoms with Crippen molar-refractivity contribution >= 4 is 11.8 Å². The maximum Gasteiger partial charge on any atom is 0.141 e. The van der Waals surface area contributed by atoms with Crippen molar-refractivity contribution in [2.75, 3.05) is 6.26 Å². The molecular weight excluding hydrogens is 273 g/mol. The molecule has 0 saturated carbocycles. The molecular formula is C16H18FNOS. The van der Waals surface area contributed by atoms with Crippen LogP contribution in [0.2, 0.25) is 0 Å². The molecule has 2 rings (SSSR count). The highest BCUT2D eigenvalue weighted by Gasteiger charge is 2.21. The highest BCUT2D eigenvalue weighted by atomic mass is 32.2. The summed E-state index contributed by atoms with van der Waals surface area (Å²) in [6.45, 7) is 1.81. The van der Waals surface area contributed by atoms with Crippen LogP contribution in [0.5, 0.6) is 5.75 Å². The first-order valence-electron chi connectivity index (χ1n) is 6.42. The first-order valence-corrected chi connectivity index (χ1v) is 7.65. The van der Waals surface area contributed by atoms with Crippen LogP contribution in [0.3, 0.4) is 0 Å². The molecule has 20 heavy (non-hydrogen) atoms. The van der Waals surface area contributed by atoms with Gasteiger partial charge in [0.25, 0.3) is 0 Å². The molecule has 0 amide bonds. The van der Waals surface area contributed by atoms with Gasteiger partial charge in [-0.3, -0.25) is 0 Å². The van der Waals surface area contributed by atoms with Crippen molar-refractivity contribution < 1.29 is 9.13 Å². The summed E-state index contributed by atoms with van der Waals surface area (Å²) < 4.78 is 19.8. The molecule has 0 bridgehead atoms. The van der Waals surface area contributed by atoms with Crippen molar-refractivity contribution in [3.63, 3.8) is 0 Å². The van der Waals surface area contributed by atoms with E-state index in [1.165, 1.54) is 6.07 Å². The van der Waals surface area contributed by atoms with E-state index in [-0.39, 0.29) is 11.9 Å². The van der Waals surface area contributed by atoms with Gasteiger partial charge in [0.1, 0.15) is 17.7 Å². The Hall–Kier alpha value is -1.52. The molecule has 106 valence electrons. The van der Waals surface area contributed by atoms with Crippen molar-refractivity contribution in [1.82, 2.24) is 0 Å². The van der Waals surface area contributed by atoms with Gasteiger partial charge in [0, 0.05) is 16.5 Å². The third-order valence-electron chi connectivity index (χ3n) is 3.01. The van der Waals surface area contributed by atoms with Crippen LogP contribution in [0.25, 0.3) is 0 Å². The van der Waals surface area contributed by atoms with Crippen molar-refractivity contribution in [3.8, 4) is 5.75 Å². The highest BCUT2D eigenvalue weighted by molar-refractivity contribution is 7.98. The number of rotatable bonds is 5. The smallest absolute Gasteiger partial charge is 0.141 e. The minimum Gasteiger partial charge on any atom is -0.484 e. The van der Waals surface area contributed by atoms with Crippen LogP contribution in [-0.2, 0) is 0 Å². The summed E-state index contributed by atoms with van der Waals surface area (Å²) in [6, 6.07) is 14.0. The van der Waals surface area contributed by atoms with Gasteiger partial charge in [-0.2, -0.15) is 0 Å². The number of hydrogen-bond acceptors (Lipinski definition) is 3. The monoisotopic (exact) mass is 291 g/mol. The minimum atomic E-state index is -0.503. The highest BCUT2D eigenvalue weighted by Crippen LogP contribution is 2.27. The zero-order chi connectivity index (χ0) is 14.5. The van der Waals surface area contributed by atoms with Crippen LogP contribution in [0.15, 0.2) is 53.4 Å². The summed E-state index contributed by atoms with van der Waals surface area (Å²) in [5.74, 6) is 0.392. The number of nitrogens with two attached hydrogens (primary N) is 1. The fourth-order valence-electron chi connectivity index (χ4n) is 1.96. The molecule has 0 fully saturated rings. The third kappa shape index (κ3) is 3.52. The van der Waals surface area contributed by atoms with Crippen LogP contribution >= 0.6 is 11.8 Å². The maximum absolute atomic E-state index is 13.9. The largest absolute Gasteiger partial charge is 0.484 e. The van der Waals surface area contributed by atoms with Gasteiger partial charge in [0.2, 0.25) is 0 Å². The summed E-state index contributed by atoms with van der Waals surface area (Å²) in [5, 5.41) is 0. The Balaban J connectivity index is 2.23. The molecule has 0 radical (unpaired) electrons. The lowest BCUT2D eigenvalue weighted by molar-refractivity contribution is 0.175. The van der Waals surface area contributed by atoms with Crippen LogP contribution in [0.4, 0.5) is 4.39 Å². The molecule has 2 N–H and O–H groups in total. The molecule has 0 heterocycles. The normalized spacial score (nSPS) is 13.8. The molecule has 2 aromatic rings. The SMILES string of the molecule is CSc1ccc(OC(c2ccccc2F)C(C)N)cc1. The molecule has 4 heteroatoms. The van der Waals surface area contributed by atoms with Gasteiger partial charge >= 0.3 is 0 Å². The predicted molar refractivity (Wildman–Crippen MR) is 81.6 cm³/mol. The Morgan fingerprint density at radius 3 is 2.30 bits per heavy atom. The van der Waals surface area contributed by atoms with E-state index in [1.807, 2.05) is 37.4 Å². The van der Waals surface area contributed by atoms with E-state index in [1.54, 1.807) is 30.0 Å². The van der Waals surface area contributed by atoms with E-state index in [4.69, 9.17) is 10.5 Å². The first-order chi connectivity index (χ1) is 9.61. The molecule has 2 atom stereocenters. The molecule has 0 aliphatic carbocycles. The van der Waals surface area contributed by atoms with Gasteiger partial charge in [0.15, 0.2) is 0 Å². The average molecular weight is 291 g/mol. The maximum atomic E-state index is 13.9. The standard InChI is InChI=1S/C16H18FNOS/c1-11(18)16(14-5-3-4-6-15(14)17)19-12-7-9-13(20-2)10-8-12/h3-11,16H,18H2,1-2H3. The van der Waals surface area contributed by atoms with E-state index >= 15 is 0 Å². The number of ether oxygens (including phenoxy) is 1. The molecule has 0 saturated heterocycles. The second-order valence-corrected chi connectivity index (χ2v) is 5.47. The molecule has 0 spiro atoms. The summed E-state index contributed by atoms with van der Waals surface area (Å²) in [6.07, 6.45) is 1.51. The lowest BCUT2D eigenvalue weighted by atomic mass is 10.0.